The molecule has 2 aliphatic rings. The van der Waals surface area contributed by atoms with Gasteiger partial charge in [0.1, 0.15) is 0 Å². The minimum Gasteiger partial charge on any atom is -0.0876 e. The molecule has 2 rings (SSSR count). The minimum absolute atomic E-state index is 0.681. The van der Waals surface area contributed by atoms with Crippen LogP contribution < -0.4 is 0 Å². The number of halogens is 2. The highest BCUT2D eigenvalue weighted by molar-refractivity contribution is 9.11. The Labute approximate surface area is 114 Å². The molecule has 0 saturated heterocycles. The fourth-order valence-electron chi connectivity index (χ4n) is 2.26. The molecule has 2 heteroatoms. The quantitative estimate of drug-likeness (QED) is 0.610. The second-order valence-electron chi connectivity index (χ2n) is 4.36. The summed E-state index contributed by atoms with van der Waals surface area (Å²) in [6.45, 7) is 0. The smallest absolute Gasteiger partial charge is 0.0279 e. The van der Waals surface area contributed by atoms with Crippen LogP contribution in [0.5, 0.6) is 0 Å². The lowest BCUT2D eigenvalue weighted by atomic mass is 9.84. The molecule has 2 atom stereocenters. The van der Waals surface area contributed by atoms with Crippen LogP contribution in [0.2, 0.25) is 0 Å². The third kappa shape index (κ3) is 3.21. The summed E-state index contributed by atoms with van der Waals surface area (Å²) in [5, 5.41) is 0.974. The summed E-state index contributed by atoms with van der Waals surface area (Å²) in [6.07, 6.45) is 17.5. The fourth-order valence-corrected chi connectivity index (χ4v) is 3.01. The van der Waals surface area contributed by atoms with Gasteiger partial charge in [-0.3, -0.25) is 0 Å². The molecule has 0 heterocycles. The highest BCUT2D eigenvalue weighted by Crippen LogP contribution is 2.31. The van der Waals surface area contributed by atoms with Gasteiger partial charge in [-0.1, -0.05) is 68.3 Å². The van der Waals surface area contributed by atoms with Crippen molar-refractivity contribution in [3.63, 3.8) is 0 Å². The van der Waals surface area contributed by atoms with Crippen molar-refractivity contribution in [1.82, 2.24) is 0 Å². The summed E-state index contributed by atoms with van der Waals surface area (Å²) in [4.78, 5) is 0. The van der Waals surface area contributed by atoms with Crippen LogP contribution in [0.1, 0.15) is 19.3 Å². The zero-order chi connectivity index (χ0) is 11.4. The second-order valence-corrected chi connectivity index (χ2v) is 5.84. The number of allylic oxidation sites excluding steroid dienone is 8. The van der Waals surface area contributed by atoms with E-state index in [-0.39, 0.29) is 0 Å². The lowest BCUT2D eigenvalue weighted by Crippen LogP contribution is -2.11. The number of rotatable bonds is 2. The standard InChI is InChI=1S/C14H16Br2/c15-10-11-2-1-3-12(5-4-11)13-6-8-14(16)9-7-13/h2,4-6,8-9,12-13H,1,3,7,10H2. The monoisotopic (exact) mass is 342 g/mol. The van der Waals surface area contributed by atoms with Crippen LogP contribution in [0.4, 0.5) is 0 Å². The highest BCUT2D eigenvalue weighted by Gasteiger charge is 2.18. The molecule has 0 nitrogen and oxygen atoms in total. The first-order chi connectivity index (χ1) is 7.79. The molecule has 0 aromatic heterocycles. The first kappa shape index (κ1) is 12.4. The summed E-state index contributed by atoms with van der Waals surface area (Å²) in [7, 11) is 0. The van der Waals surface area contributed by atoms with Gasteiger partial charge >= 0.3 is 0 Å². The average Bonchev–Trinajstić information content (AvgIpc) is 2.55. The Morgan fingerprint density at radius 1 is 1.12 bits per heavy atom. The predicted octanol–water partition coefficient (Wildman–Crippen LogP) is 5.13. The van der Waals surface area contributed by atoms with Crippen LogP contribution in [0.3, 0.4) is 0 Å². The van der Waals surface area contributed by atoms with Gasteiger partial charge in [-0.25, -0.2) is 0 Å². The molecule has 0 aromatic carbocycles. The first-order valence-electron chi connectivity index (χ1n) is 5.76. The molecule has 0 N–H and O–H groups in total. The van der Waals surface area contributed by atoms with Gasteiger partial charge in [0.05, 0.1) is 0 Å². The normalized spacial score (nSPS) is 29.6. The number of hydrogen-bond donors (Lipinski definition) is 0. The molecule has 86 valence electrons. The lowest BCUT2D eigenvalue weighted by Gasteiger charge is -2.21. The van der Waals surface area contributed by atoms with Crippen LogP contribution in [0.15, 0.2) is 46.5 Å². The third-order valence-corrected chi connectivity index (χ3v) is 4.49. The van der Waals surface area contributed by atoms with E-state index in [9.17, 15) is 0 Å². The Morgan fingerprint density at radius 2 is 1.94 bits per heavy atom. The summed E-state index contributed by atoms with van der Waals surface area (Å²) in [5.41, 5.74) is 1.42. The fraction of sp³-hybridized carbons (Fsp3) is 0.429. The van der Waals surface area contributed by atoms with Crippen LogP contribution in [0.25, 0.3) is 0 Å². The Balaban J connectivity index is 2.00. The van der Waals surface area contributed by atoms with Crippen molar-refractivity contribution in [2.24, 2.45) is 11.8 Å². The van der Waals surface area contributed by atoms with Crippen molar-refractivity contribution in [2.45, 2.75) is 19.3 Å². The molecule has 0 bridgehead atoms. The molecule has 0 amide bonds. The zero-order valence-corrected chi connectivity index (χ0v) is 12.4. The molecule has 0 aliphatic heterocycles. The van der Waals surface area contributed by atoms with E-state index in [1.165, 1.54) is 22.9 Å². The lowest BCUT2D eigenvalue weighted by molar-refractivity contribution is 0.451. The van der Waals surface area contributed by atoms with Crippen LogP contribution in [-0.4, -0.2) is 5.33 Å². The molecular formula is C14H16Br2. The van der Waals surface area contributed by atoms with Crippen LogP contribution in [-0.2, 0) is 0 Å². The molecular weight excluding hydrogens is 328 g/mol. The molecule has 2 unspecified atom stereocenters. The number of hydrogen-bond acceptors (Lipinski definition) is 0. The minimum atomic E-state index is 0.681. The highest BCUT2D eigenvalue weighted by atomic mass is 79.9. The Kier molecular flexibility index (Phi) is 4.66. The van der Waals surface area contributed by atoms with E-state index in [2.05, 4.69) is 68.3 Å². The van der Waals surface area contributed by atoms with E-state index in [0.717, 1.165) is 11.8 Å². The van der Waals surface area contributed by atoms with Crippen molar-refractivity contribution < 1.29 is 0 Å². The van der Waals surface area contributed by atoms with Crippen LogP contribution in [0, 0.1) is 11.8 Å². The maximum atomic E-state index is 3.52. The SMILES string of the molecule is BrCC1=CCCC(C2C=CC(Br)=CC2)C=C1. The van der Waals surface area contributed by atoms with Crippen LogP contribution >= 0.6 is 31.9 Å². The molecule has 0 fully saturated rings. The average molecular weight is 344 g/mol. The van der Waals surface area contributed by atoms with Gasteiger partial charge in [-0.2, -0.15) is 0 Å². The molecule has 0 radical (unpaired) electrons. The van der Waals surface area contributed by atoms with E-state index in [0.29, 0.717) is 11.8 Å². The number of alkyl halides is 1. The molecule has 0 aromatic rings. The maximum Gasteiger partial charge on any atom is 0.0279 e. The van der Waals surface area contributed by atoms with Crippen molar-refractivity contribution >= 4 is 31.9 Å². The molecule has 2 aliphatic carbocycles. The van der Waals surface area contributed by atoms with E-state index in [1.54, 1.807) is 0 Å². The van der Waals surface area contributed by atoms with Gasteiger partial charge in [0.15, 0.2) is 0 Å². The second kappa shape index (κ2) is 6.02. The Hall–Kier alpha value is -0.0800. The van der Waals surface area contributed by atoms with E-state index < -0.39 is 0 Å². The zero-order valence-electron chi connectivity index (χ0n) is 9.20. The third-order valence-electron chi connectivity index (χ3n) is 3.26. The largest absolute Gasteiger partial charge is 0.0876 e. The summed E-state index contributed by atoms with van der Waals surface area (Å²) >= 11 is 7.04. The van der Waals surface area contributed by atoms with Crippen molar-refractivity contribution in [2.75, 3.05) is 5.33 Å². The Bertz CT molecular complexity index is 361. The Morgan fingerprint density at radius 3 is 2.62 bits per heavy atom. The van der Waals surface area contributed by atoms with Gasteiger partial charge in [0.25, 0.3) is 0 Å². The van der Waals surface area contributed by atoms with Gasteiger partial charge in [-0.15, -0.1) is 0 Å². The molecule has 0 saturated carbocycles. The van der Waals surface area contributed by atoms with Gasteiger partial charge < -0.3 is 0 Å². The van der Waals surface area contributed by atoms with E-state index in [1.807, 2.05) is 0 Å². The summed E-state index contributed by atoms with van der Waals surface area (Å²) in [6, 6.07) is 0. The maximum absolute atomic E-state index is 3.52. The van der Waals surface area contributed by atoms with Gasteiger partial charge in [-0.05, 0) is 36.7 Å². The van der Waals surface area contributed by atoms with Gasteiger partial charge in [0, 0.05) is 9.81 Å². The summed E-state index contributed by atoms with van der Waals surface area (Å²) < 4.78 is 1.22. The van der Waals surface area contributed by atoms with E-state index >= 15 is 0 Å². The van der Waals surface area contributed by atoms with Crippen molar-refractivity contribution in [3.05, 3.63) is 46.5 Å². The van der Waals surface area contributed by atoms with Crippen molar-refractivity contribution in [3.8, 4) is 0 Å². The van der Waals surface area contributed by atoms with Crippen molar-refractivity contribution in [1.29, 1.82) is 0 Å². The first-order valence-corrected chi connectivity index (χ1v) is 7.68. The molecule has 0 spiro atoms. The summed E-state index contributed by atoms with van der Waals surface area (Å²) in [5.74, 6) is 1.38. The molecule has 16 heavy (non-hydrogen) atoms. The van der Waals surface area contributed by atoms with E-state index in [4.69, 9.17) is 0 Å². The predicted molar refractivity (Wildman–Crippen MR) is 78.0 cm³/mol. The van der Waals surface area contributed by atoms with Gasteiger partial charge in [0.2, 0.25) is 0 Å². The topological polar surface area (TPSA) is 0 Å².